The third kappa shape index (κ3) is 5.81. The number of pyridine rings is 1. The molecule has 0 bridgehead atoms. The third-order valence-corrected chi connectivity index (χ3v) is 4.57. The Hall–Kier alpha value is -1.41. The van der Waals surface area contributed by atoms with Gasteiger partial charge in [-0.1, -0.05) is 30.7 Å². The van der Waals surface area contributed by atoms with E-state index >= 15 is 0 Å². The molecular formula is C19H28IN5. The van der Waals surface area contributed by atoms with Crippen molar-refractivity contribution in [2.75, 3.05) is 33.2 Å². The highest BCUT2D eigenvalue weighted by Crippen LogP contribution is 2.15. The maximum atomic E-state index is 4.51. The summed E-state index contributed by atoms with van der Waals surface area (Å²) in [4.78, 5) is 11.4. The van der Waals surface area contributed by atoms with E-state index in [1.807, 2.05) is 19.3 Å². The van der Waals surface area contributed by atoms with Gasteiger partial charge in [-0.05, 0) is 37.4 Å². The number of piperidine rings is 1. The summed E-state index contributed by atoms with van der Waals surface area (Å²) in [5, 5.41) is 9.19. The minimum Gasteiger partial charge on any atom is -0.355 e. The van der Waals surface area contributed by atoms with Crippen LogP contribution in [-0.2, 0) is 6.54 Å². The maximum Gasteiger partial charge on any atom is 0.191 e. The van der Waals surface area contributed by atoms with Crippen LogP contribution in [0.25, 0.3) is 10.8 Å². The van der Waals surface area contributed by atoms with E-state index in [4.69, 9.17) is 0 Å². The number of guanidine groups is 1. The van der Waals surface area contributed by atoms with Gasteiger partial charge in [-0.3, -0.25) is 9.98 Å². The number of likely N-dealkylation sites (tertiary alicyclic amines) is 1. The third-order valence-electron chi connectivity index (χ3n) is 4.57. The Morgan fingerprint density at radius 1 is 1.12 bits per heavy atom. The molecule has 0 unspecified atom stereocenters. The second-order valence-electron chi connectivity index (χ2n) is 6.23. The van der Waals surface area contributed by atoms with Gasteiger partial charge < -0.3 is 15.5 Å². The van der Waals surface area contributed by atoms with Crippen LogP contribution >= 0.6 is 24.0 Å². The van der Waals surface area contributed by atoms with E-state index in [1.54, 1.807) is 0 Å². The minimum atomic E-state index is 0. The van der Waals surface area contributed by atoms with Crippen LogP contribution in [0.3, 0.4) is 0 Å². The summed E-state index contributed by atoms with van der Waals surface area (Å²) in [6.45, 7) is 5.13. The Morgan fingerprint density at radius 2 is 1.92 bits per heavy atom. The fraction of sp³-hybridized carbons (Fsp3) is 0.474. The molecule has 0 saturated carbocycles. The lowest BCUT2D eigenvalue weighted by molar-refractivity contribution is 0.232. The van der Waals surface area contributed by atoms with Crippen LogP contribution in [0.1, 0.15) is 25.0 Å². The molecule has 0 spiro atoms. The summed E-state index contributed by atoms with van der Waals surface area (Å²) < 4.78 is 0. The molecule has 6 heteroatoms. The lowest BCUT2D eigenvalue weighted by Gasteiger charge is -2.26. The van der Waals surface area contributed by atoms with Gasteiger partial charge in [0.25, 0.3) is 0 Å². The maximum absolute atomic E-state index is 4.51. The molecule has 1 saturated heterocycles. The molecule has 136 valence electrons. The van der Waals surface area contributed by atoms with Crippen molar-refractivity contribution in [1.82, 2.24) is 20.5 Å². The Kier molecular flexibility index (Phi) is 8.40. The molecule has 3 rings (SSSR count). The minimum absolute atomic E-state index is 0. The highest BCUT2D eigenvalue weighted by atomic mass is 127. The summed E-state index contributed by atoms with van der Waals surface area (Å²) in [7, 11) is 1.81. The van der Waals surface area contributed by atoms with E-state index in [0.717, 1.165) is 24.7 Å². The van der Waals surface area contributed by atoms with Crippen molar-refractivity contribution < 1.29 is 0 Å². The molecule has 2 aromatic rings. The summed E-state index contributed by atoms with van der Waals surface area (Å²) in [6, 6.07) is 10.4. The molecule has 0 atom stereocenters. The number of halogens is 1. The van der Waals surface area contributed by atoms with Crippen LogP contribution in [0.15, 0.2) is 41.5 Å². The molecule has 1 fully saturated rings. The van der Waals surface area contributed by atoms with Gasteiger partial charge >= 0.3 is 0 Å². The van der Waals surface area contributed by atoms with Gasteiger partial charge in [0.05, 0.1) is 12.2 Å². The van der Waals surface area contributed by atoms with Crippen LogP contribution < -0.4 is 10.6 Å². The summed E-state index contributed by atoms with van der Waals surface area (Å²) in [6.07, 6.45) is 5.91. The highest BCUT2D eigenvalue weighted by Gasteiger charge is 2.09. The molecule has 1 aromatic heterocycles. The fourth-order valence-corrected chi connectivity index (χ4v) is 3.23. The van der Waals surface area contributed by atoms with Crippen molar-refractivity contribution in [2.24, 2.45) is 4.99 Å². The van der Waals surface area contributed by atoms with Gasteiger partial charge in [0.15, 0.2) is 5.96 Å². The normalized spacial score (nSPS) is 15.6. The fourth-order valence-electron chi connectivity index (χ4n) is 3.23. The standard InChI is InChI=1S/C19H27N5.HI/c1-20-19(22-11-14-24-12-5-2-6-13-24)23-15-18-17-8-4-3-7-16(17)9-10-21-18;/h3-4,7-10H,2,5-6,11-15H2,1H3,(H2,20,22,23);1H. The number of aromatic nitrogens is 1. The number of fused-ring (bicyclic) bond motifs is 1. The monoisotopic (exact) mass is 453 g/mol. The predicted molar refractivity (Wildman–Crippen MR) is 116 cm³/mol. The molecule has 0 radical (unpaired) electrons. The number of hydrogen-bond donors (Lipinski definition) is 2. The first-order chi connectivity index (χ1) is 11.9. The van der Waals surface area contributed by atoms with Gasteiger partial charge in [0, 0.05) is 31.7 Å². The molecule has 2 heterocycles. The first-order valence-electron chi connectivity index (χ1n) is 8.86. The zero-order valence-electron chi connectivity index (χ0n) is 14.9. The van der Waals surface area contributed by atoms with Crippen molar-refractivity contribution >= 4 is 40.7 Å². The number of rotatable bonds is 5. The van der Waals surface area contributed by atoms with Crippen LogP contribution in [0.2, 0.25) is 0 Å². The van der Waals surface area contributed by atoms with Crippen LogP contribution in [0.5, 0.6) is 0 Å². The van der Waals surface area contributed by atoms with Gasteiger partial charge in [-0.2, -0.15) is 0 Å². The Bertz CT molecular complexity index is 677. The van der Waals surface area contributed by atoms with Crippen molar-refractivity contribution in [3.05, 3.63) is 42.2 Å². The predicted octanol–water partition coefficient (Wildman–Crippen LogP) is 3.00. The number of aliphatic imine (C=N–C) groups is 1. The number of nitrogens with one attached hydrogen (secondary N) is 2. The first kappa shape index (κ1) is 19.9. The van der Waals surface area contributed by atoms with E-state index < -0.39 is 0 Å². The Labute approximate surface area is 167 Å². The molecule has 2 N–H and O–H groups in total. The summed E-state index contributed by atoms with van der Waals surface area (Å²) >= 11 is 0. The average Bonchev–Trinajstić information content (AvgIpc) is 2.65. The van der Waals surface area contributed by atoms with Gasteiger partial charge in [-0.15, -0.1) is 24.0 Å². The van der Waals surface area contributed by atoms with Crippen molar-refractivity contribution in [3.8, 4) is 0 Å². The zero-order valence-corrected chi connectivity index (χ0v) is 17.2. The Balaban J connectivity index is 0.00000225. The quantitative estimate of drug-likeness (QED) is 0.415. The molecule has 0 aliphatic carbocycles. The second kappa shape index (κ2) is 10.6. The topological polar surface area (TPSA) is 52.6 Å². The number of benzene rings is 1. The molecule has 25 heavy (non-hydrogen) atoms. The van der Waals surface area contributed by atoms with E-state index in [1.165, 1.54) is 43.1 Å². The lowest BCUT2D eigenvalue weighted by Crippen LogP contribution is -2.42. The van der Waals surface area contributed by atoms with E-state index in [9.17, 15) is 0 Å². The Morgan fingerprint density at radius 3 is 2.72 bits per heavy atom. The lowest BCUT2D eigenvalue weighted by atomic mass is 10.1. The van der Waals surface area contributed by atoms with Gasteiger partial charge in [0.2, 0.25) is 0 Å². The summed E-state index contributed by atoms with van der Waals surface area (Å²) in [5.74, 6) is 0.835. The highest BCUT2D eigenvalue weighted by molar-refractivity contribution is 14.0. The van der Waals surface area contributed by atoms with Crippen molar-refractivity contribution in [3.63, 3.8) is 0 Å². The zero-order chi connectivity index (χ0) is 16.6. The van der Waals surface area contributed by atoms with Gasteiger partial charge in [0.1, 0.15) is 0 Å². The average molecular weight is 453 g/mol. The first-order valence-corrected chi connectivity index (χ1v) is 8.86. The molecule has 5 nitrogen and oxygen atoms in total. The number of hydrogen-bond acceptors (Lipinski definition) is 3. The van der Waals surface area contributed by atoms with Gasteiger partial charge in [-0.25, -0.2) is 0 Å². The van der Waals surface area contributed by atoms with Crippen molar-refractivity contribution in [2.45, 2.75) is 25.8 Å². The van der Waals surface area contributed by atoms with E-state index in [-0.39, 0.29) is 24.0 Å². The largest absolute Gasteiger partial charge is 0.355 e. The molecule has 0 amide bonds. The molecule has 1 aromatic carbocycles. The molecule has 1 aliphatic rings. The SMILES string of the molecule is CN=C(NCCN1CCCCC1)NCc1nccc2ccccc12.I. The molecule has 1 aliphatic heterocycles. The van der Waals surface area contributed by atoms with Crippen LogP contribution in [-0.4, -0.2) is 49.1 Å². The second-order valence-corrected chi connectivity index (χ2v) is 6.23. The van der Waals surface area contributed by atoms with Crippen LogP contribution in [0.4, 0.5) is 0 Å². The smallest absolute Gasteiger partial charge is 0.191 e. The van der Waals surface area contributed by atoms with E-state index in [0.29, 0.717) is 6.54 Å². The van der Waals surface area contributed by atoms with Crippen LogP contribution in [0, 0.1) is 0 Å². The summed E-state index contributed by atoms with van der Waals surface area (Å²) in [5.41, 5.74) is 1.05. The van der Waals surface area contributed by atoms with Crippen molar-refractivity contribution in [1.29, 1.82) is 0 Å². The number of nitrogens with zero attached hydrogens (tertiary/aromatic N) is 3. The van der Waals surface area contributed by atoms with E-state index in [2.05, 4.69) is 49.8 Å². The molecular weight excluding hydrogens is 425 g/mol.